The maximum Gasteiger partial charge on any atom is 0.322 e. The van der Waals surface area contributed by atoms with E-state index >= 15 is 0 Å². The van der Waals surface area contributed by atoms with Crippen LogP contribution in [0.25, 0.3) is 0 Å². The van der Waals surface area contributed by atoms with E-state index in [0.29, 0.717) is 6.04 Å². The zero-order chi connectivity index (χ0) is 17.6. The molecule has 3 heterocycles. The van der Waals surface area contributed by atoms with Gasteiger partial charge in [0, 0.05) is 24.0 Å². The fourth-order valence-electron chi connectivity index (χ4n) is 3.98. The van der Waals surface area contributed by atoms with Crippen molar-refractivity contribution in [3.05, 3.63) is 29.3 Å². The number of carbonyl (C=O) groups excluding carboxylic acids is 1. The van der Waals surface area contributed by atoms with E-state index in [-0.39, 0.29) is 12.1 Å². The van der Waals surface area contributed by atoms with Gasteiger partial charge in [-0.1, -0.05) is 0 Å². The largest absolute Gasteiger partial charge is 0.322 e. The van der Waals surface area contributed by atoms with E-state index < -0.39 is 0 Å². The summed E-state index contributed by atoms with van der Waals surface area (Å²) >= 11 is 0. The minimum Gasteiger partial charge on any atom is -0.317 e. The molecule has 2 aromatic rings. The number of nitrogens with zero attached hydrogens (tertiary/aromatic N) is 4. The number of H-pyrrole nitrogens is 1. The molecule has 1 saturated carbocycles. The fourth-order valence-corrected chi connectivity index (χ4v) is 3.98. The molecular weight excluding hydrogens is 316 g/mol. The molecule has 4 rings (SSSR count). The molecule has 134 valence electrons. The van der Waals surface area contributed by atoms with Gasteiger partial charge in [-0.2, -0.15) is 10.2 Å². The molecule has 7 heteroatoms. The van der Waals surface area contributed by atoms with Crippen LogP contribution in [0.1, 0.15) is 61.6 Å². The maximum atomic E-state index is 12.8. The summed E-state index contributed by atoms with van der Waals surface area (Å²) in [5, 5.41) is 14.8. The number of urea groups is 1. The summed E-state index contributed by atoms with van der Waals surface area (Å²) in [6.45, 7) is 6.98. The molecule has 0 aromatic carbocycles. The second-order valence-corrected chi connectivity index (χ2v) is 7.42. The van der Waals surface area contributed by atoms with Gasteiger partial charge < -0.3 is 10.2 Å². The zero-order valence-corrected chi connectivity index (χ0v) is 15.1. The standard InChI is InChI=1S/C18H26N6O/c1-11-17(12(2)22-21-11)16-5-4-8-23(16)18(25)20-15-9-19-24(10-15)13(3)14-6-7-14/h9-10,13-14,16H,4-8H2,1-3H3,(H,20,25)(H,21,22)/t13-,16+/m0/s1. The molecule has 2 atom stereocenters. The van der Waals surface area contributed by atoms with E-state index in [1.807, 2.05) is 29.6 Å². The van der Waals surface area contributed by atoms with E-state index in [2.05, 4.69) is 27.5 Å². The molecule has 0 bridgehead atoms. The van der Waals surface area contributed by atoms with Crippen LogP contribution >= 0.6 is 0 Å². The summed E-state index contributed by atoms with van der Waals surface area (Å²) in [7, 11) is 0. The summed E-state index contributed by atoms with van der Waals surface area (Å²) in [5.41, 5.74) is 3.95. The third kappa shape index (κ3) is 3.03. The van der Waals surface area contributed by atoms with Crippen LogP contribution in [0.3, 0.4) is 0 Å². The first kappa shape index (κ1) is 16.2. The van der Waals surface area contributed by atoms with Gasteiger partial charge in [0.2, 0.25) is 0 Å². The Morgan fingerprint density at radius 3 is 2.84 bits per heavy atom. The Morgan fingerprint density at radius 1 is 1.36 bits per heavy atom. The lowest BCUT2D eigenvalue weighted by Gasteiger charge is -2.25. The fraction of sp³-hybridized carbons (Fsp3) is 0.611. The highest BCUT2D eigenvalue weighted by Gasteiger charge is 2.33. The highest BCUT2D eigenvalue weighted by Crippen LogP contribution is 2.39. The molecule has 2 amide bonds. The van der Waals surface area contributed by atoms with Gasteiger partial charge in [0.25, 0.3) is 0 Å². The number of anilines is 1. The summed E-state index contributed by atoms with van der Waals surface area (Å²) in [4.78, 5) is 14.7. The summed E-state index contributed by atoms with van der Waals surface area (Å²) in [6.07, 6.45) is 8.24. The summed E-state index contributed by atoms with van der Waals surface area (Å²) in [6, 6.07) is 0.446. The van der Waals surface area contributed by atoms with Crippen LogP contribution in [-0.4, -0.2) is 37.5 Å². The van der Waals surface area contributed by atoms with Crippen LogP contribution in [0, 0.1) is 19.8 Å². The molecule has 2 N–H and O–H groups in total. The first-order valence-electron chi connectivity index (χ1n) is 9.18. The van der Waals surface area contributed by atoms with Gasteiger partial charge in [-0.05, 0) is 52.4 Å². The van der Waals surface area contributed by atoms with Gasteiger partial charge in [-0.25, -0.2) is 4.79 Å². The summed E-state index contributed by atoms with van der Waals surface area (Å²) in [5.74, 6) is 0.735. The predicted octanol–water partition coefficient (Wildman–Crippen LogP) is 3.56. The summed E-state index contributed by atoms with van der Waals surface area (Å²) < 4.78 is 1.97. The van der Waals surface area contributed by atoms with Crippen molar-refractivity contribution >= 4 is 11.7 Å². The van der Waals surface area contributed by atoms with Crippen LogP contribution in [0.4, 0.5) is 10.5 Å². The lowest BCUT2D eigenvalue weighted by Crippen LogP contribution is -2.34. The van der Waals surface area contributed by atoms with Crippen molar-refractivity contribution in [1.82, 2.24) is 24.9 Å². The van der Waals surface area contributed by atoms with Crippen LogP contribution in [-0.2, 0) is 0 Å². The zero-order valence-electron chi connectivity index (χ0n) is 15.1. The Hall–Kier alpha value is -2.31. The quantitative estimate of drug-likeness (QED) is 0.891. The third-order valence-corrected chi connectivity index (χ3v) is 5.61. The highest BCUT2D eigenvalue weighted by molar-refractivity contribution is 5.89. The Labute approximate surface area is 147 Å². The number of aromatic amines is 1. The van der Waals surface area contributed by atoms with Crippen LogP contribution < -0.4 is 5.32 Å². The van der Waals surface area contributed by atoms with E-state index in [1.165, 1.54) is 12.8 Å². The lowest BCUT2D eigenvalue weighted by molar-refractivity contribution is 0.207. The van der Waals surface area contributed by atoms with Crippen LogP contribution in [0.5, 0.6) is 0 Å². The first-order valence-corrected chi connectivity index (χ1v) is 9.18. The third-order valence-electron chi connectivity index (χ3n) is 5.61. The molecule has 2 aliphatic rings. The van der Waals surface area contributed by atoms with Gasteiger partial charge in [0.05, 0.1) is 29.7 Å². The molecular formula is C18H26N6O. The van der Waals surface area contributed by atoms with Crippen molar-refractivity contribution in [3.63, 3.8) is 0 Å². The number of nitrogens with one attached hydrogen (secondary N) is 2. The number of rotatable bonds is 4. The van der Waals surface area contributed by atoms with Crippen LogP contribution in [0.15, 0.2) is 12.4 Å². The van der Waals surface area contributed by atoms with Crippen molar-refractivity contribution in [2.45, 2.75) is 58.5 Å². The molecule has 0 spiro atoms. The Balaban J connectivity index is 1.47. The number of hydrogen-bond acceptors (Lipinski definition) is 3. The average Bonchev–Trinajstić information content (AvgIpc) is 2.98. The smallest absolute Gasteiger partial charge is 0.317 e. The maximum absolute atomic E-state index is 12.8. The number of hydrogen-bond donors (Lipinski definition) is 2. The minimum absolute atomic E-state index is 0.0545. The first-order chi connectivity index (χ1) is 12.0. The molecule has 2 fully saturated rings. The number of aryl methyl sites for hydroxylation is 2. The van der Waals surface area contributed by atoms with E-state index in [4.69, 9.17) is 0 Å². The molecule has 1 saturated heterocycles. The van der Waals surface area contributed by atoms with Crippen molar-refractivity contribution in [2.75, 3.05) is 11.9 Å². The molecule has 2 aromatic heterocycles. The van der Waals surface area contributed by atoms with Gasteiger partial charge in [-0.3, -0.25) is 9.78 Å². The highest BCUT2D eigenvalue weighted by atomic mass is 16.2. The number of likely N-dealkylation sites (tertiary alicyclic amines) is 1. The number of amides is 2. The van der Waals surface area contributed by atoms with E-state index in [0.717, 1.165) is 47.9 Å². The second-order valence-electron chi connectivity index (χ2n) is 7.42. The molecule has 7 nitrogen and oxygen atoms in total. The van der Waals surface area contributed by atoms with E-state index in [9.17, 15) is 4.79 Å². The topological polar surface area (TPSA) is 78.8 Å². The average molecular weight is 342 g/mol. The second kappa shape index (κ2) is 6.20. The Bertz CT molecular complexity index is 755. The minimum atomic E-state index is -0.0545. The van der Waals surface area contributed by atoms with Gasteiger partial charge in [-0.15, -0.1) is 0 Å². The monoisotopic (exact) mass is 342 g/mol. The van der Waals surface area contributed by atoms with Gasteiger partial charge in [0.1, 0.15) is 0 Å². The van der Waals surface area contributed by atoms with Crippen LogP contribution in [0.2, 0.25) is 0 Å². The lowest BCUT2D eigenvalue weighted by atomic mass is 10.0. The predicted molar refractivity (Wildman–Crippen MR) is 95.4 cm³/mol. The Morgan fingerprint density at radius 2 is 2.16 bits per heavy atom. The molecule has 0 unspecified atom stereocenters. The van der Waals surface area contributed by atoms with Gasteiger partial charge >= 0.3 is 6.03 Å². The number of carbonyl (C=O) groups is 1. The van der Waals surface area contributed by atoms with Crippen molar-refractivity contribution in [2.24, 2.45) is 5.92 Å². The Kier molecular flexibility index (Phi) is 4.01. The SMILES string of the molecule is Cc1n[nH]c(C)c1[C@H]1CCCN1C(=O)Nc1cnn([C@@H](C)C2CC2)c1. The normalized spacial score (nSPS) is 21.6. The van der Waals surface area contributed by atoms with Crippen molar-refractivity contribution in [1.29, 1.82) is 0 Å². The van der Waals surface area contributed by atoms with E-state index in [1.54, 1.807) is 6.20 Å². The molecule has 0 radical (unpaired) electrons. The molecule has 1 aliphatic heterocycles. The number of aromatic nitrogens is 4. The van der Waals surface area contributed by atoms with Gasteiger partial charge in [0.15, 0.2) is 0 Å². The van der Waals surface area contributed by atoms with Crippen molar-refractivity contribution in [3.8, 4) is 0 Å². The van der Waals surface area contributed by atoms with Crippen molar-refractivity contribution < 1.29 is 4.79 Å². The molecule has 25 heavy (non-hydrogen) atoms. The molecule has 1 aliphatic carbocycles.